The van der Waals surface area contributed by atoms with Gasteiger partial charge in [0.05, 0.1) is 11.0 Å². The standard InChI is InChI=1S/C16H17N5O4/c1-9(10-2-5-13-14(6-10)25-8-24-13)18-16-17-7-12(21(22)23)15(20-16)19-11-3-4-11/h2,5-7,9,11H,3-4,8H2,1H3,(H2,17,18,19,20). The number of hydrogen-bond donors (Lipinski definition) is 2. The van der Waals surface area contributed by atoms with Gasteiger partial charge in [-0.1, -0.05) is 6.07 Å². The van der Waals surface area contributed by atoms with Gasteiger partial charge in [0.2, 0.25) is 18.6 Å². The molecular weight excluding hydrogens is 326 g/mol. The molecule has 4 rings (SSSR count). The van der Waals surface area contributed by atoms with Crippen LogP contribution in [0, 0.1) is 10.1 Å². The molecule has 130 valence electrons. The smallest absolute Gasteiger partial charge is 0.329 e. The average molecular weight is 343 g/mol. The first-order valence-electron chi connectivity index (χ1n) is 8.04. The Kier molecular flexibility index (Phi) is 3.75. The van der Waals surface area contributed by atoms with Crippen molar-refractivity contribution in [2.45, 2.75) is 31.8 Å². The first-order valence-corrected chi connectivity index (χ1v) is 8.04. The Morgan fingerprint density at radius 3 is 2.88 bits per heavy atom. The minimum atomic E-state index is -0.476. The molecule has 0 saturated heterocycles. The van der Waals surface area contributed by atoms with Crippen molar-refractivity contribution in [1.29, 1.82) is 0 Å². The highest BCUT2D eigenvalue weighted by Crippen LogP contribution is 2.35. The molecule has 0 bridgehead atoms. The highest BCUT2D eigenvalue weighted by molar-refractivity contribution is 5.58. The van der Waals surface area contributed by atoms with E-state index in [-0.39, 0.29) is 30.4 Å². The molecule has 0 radical (unpaired) electrons. The largest absolute Gasteiger partial charge is 0.454 e. The first kappa shape index (κ1) is 15.4. The molecule has 0 amide bonds. The quantitative estimate of drug-likeness (QED) is 0.608. The molecule has 1 fully saturated rings. The lowest BCUT2D eigenvalue weighted by atomic mass is 10.1. The molecule has 1 aliphatic carbocycles. The highest BCUT2D eigenvalue weighted by atomic mass is 16.7. The van der Waals surface area contributed by atoms with E-state index in [1.807, 2.05) is 25.1 Å². The van der Waals surface area contributed by atoms with Gasteiger partial charge in [-0.25, -0.2) is 4.98 Å². The van der Waals surface area contributed by atoms with E-state index in [1.165, 1.54) is 6.20 Å². The summed E-state index contributed by atoms with van der Waals surface area (Å²) in [5.41, 5.74) is 0.857. The summed E-state index contributed by atoms with van der Waals surface area (Å²) in [5, 5.41) is 17.4. The maximum Gasteiger partial charge on any atom is 0.329 e. The van der Waals surface area contributed by atoms with Crippen molar-refractivity contribution in [3.05, 3.63) is 40.1 Å². The van der Waals surface area contributed by atoms with E-state index in [0.29, 0.717) is 11.7 Å². The molecule has 1 aromatic carbocycles. The molecule has 1 atom stereocenters. The van der Waals surface area contributed by atoms with Gasteiger partial charge in [0.1, 0.15) is 6.20 Å². The number of nitrogens with zero attached hydrogens (tertiary/aromatic N) is 3. The molecule has 2 heterocycles. The summed E-state index contributed by atoms with van der Waals surface area (Å²) in [6.45, 7) is 2.18. The number of aromatic nitrogens is 2. The Morgan fingerprint density at radius 2 is 2.12 bits per heavy atom. The SMILES string of the molecule is CC(Nc1ncc([N+](=O)[O-])c(NC2CC2)n1)c1ccc2c(c1)OCO2. The molecule has 9 nitrogen and oxygen atoms in total. The summed E-state index contributed by atoms with van der Waals surface area (Å²) in [7, 11) is 0. The van der Waals surface area contributed by atoms with Crippen molar-refractivity contribution < 1.29 is 14.4 Å². The van der Waals surface area contributed by atoms with Gasteiger partial charge in [-0.05, 0) is 37.5 Å². The fourth-order valence-corrected chi connectivity index (χ4v) is 2.57. The predicted molar refractivity (Wildman–Crippen MR) is 89.9 cm³/mol. The van der Waals surface area contributed by atoms with E-state index < -0.39 is 4.92 Å². The monoisotopic (exact) mass is 343 g/mol. The van der Waals surface area contributed by atoms with Crippen LogP contribution in [0.3, 0.4) is 0 Å². The molecular formula is C16H17N5O4. The van der Waals surface area contributed by atoms with E-state index in [1.54, 1.807) is 0 Å². The van der Waals surface area contributed by atoms with Crippen LogP contribution < -0.4 is 20.1 Å². The van der Waals surface area contributed by atoms with Crippen molar-refractivity contribution in [3.8, 4) is 11.5 Å². The van der Waals surface area contributed by atoms with Gasteiger partial charge in [-0.2, -0.15) is 4.98 Å². The zero-order chi connectivity index (χ0) is 17.4. The van der Waals surface area contributed by atoms with Gasteiger partial charge in [-0.15, -0.1) is 0 Å². The van der Waals surface area contributed by atoms with Crippen LogP contribution in [0.5, 0.6) is 11.5 Å². The van der Waals surface area contributed by atoms with Crippen molar-refractivity contribution in [2.24, 2.45) is 0 Å². The van der Waals surface area contributed by atoms with E-state index in [4.69, 9.17) is 9.47 Å². The number of nitro groups is 1. The molecule has 25 heavy (non-hydrogen) atoms. The molecule has 1 aliphatic heterocycles. The molecule has 1 unspecified atom stereocenters. The first-order chi connectivity index (χ1) is 12.1. The third-order valence-corrected chi connectivity index (χ3v) is 4.13. The van der Waals surface area contributed by atoms with Crippen molar-refractivity contribution in [3.63, 3.8) is 0 Å². The summed E-state index contributed by atoms with van der Waals surface area (Å²) in [6, 6.07) is 5.83. The Morgan fingerprint density at radius 1 is 1.32 bits per heavy atom. The molecule has 1 saturated carbocycles. The number of fused-ring (bicyclic) bond motifs is 1. The lowest BCUT2D eigenvalue weighted by Gasteiger charge is -2.15. The minimum Gasteiger partial charge on any atom is -0.454 e. The molecule has 1 aromatic heterocycles. The number of rotatable bonds is 6. The third kappa shape index (κ3) is 3.25. The van der Waals surface area contributed by atoms with Gasteiger partial charge >= 0.3 is 5.69 Å². The van der Waals surface area contributed by atoms with Crippen molar-refractivity contribution in [2.75, 3.05) is 17.4 Å². The summed E-state index contributed by atoms with van der Waals surface area (Å²) in [4.78, 5) is 19.0. The lowest BCUT2D eigenvalue weighted by Crippen LogP contribution is -2.13. The second kappa shape index (κ2) is 6.08. The normalized spacial score (nSPS) is 16.4. The molecule has 2 aromatic rings. The van der Waals surface area contributed by atoms with Gasteiger partial charge in [0, 0.05) is 6.04 Å². The van der Waals surface area contributed by atoms with Crippen LogP contribution in [-0.4, -0.2) is 27.7 Å². The minimum absolute atomic E-state index is 0.107. The molecule has 9 heteroatoms. The van der Waals surface area contributed by atoms with E-state index in [2.05, 4.69) is 20.6 Å². The summed E-state index contributed by atoms with van der Waals surface area (Å²) < 4.78 is 10.7. The van der Waals surface area contributed by atoms with Gasteiger partial charge in [0.15, 0.2) is 11.5 Å². The van der Waals surface area contributed by atoms with Crippen LogP contribution in [0.4, 0.5) is 17.5 Å². The van der Waals surface area contributed by atoms with E-state index in [0.717, 1.165) is 24.2 Å². The van der Waals surface area contributed by atoms with Gasteiger partial charge < -0.3 is 20.1 Å². The second-order valence-electron chi connectivity index (χ2n) is 6.08. The zero-order valence-corrected chi connectivity index (χ0v) is 13.6. The van der Waals surface area contributed by atoms with Crippen LogP contribution in [0.2, 0.25) is 0 Å². The topological polar surface area (TPSA) is 111 Å². The van der Waals surface area contributed by atoms with Crippen LogP contribution in [0.1, 0.15) is 31.4 Å². The van der Waals surface area contributed by atoms with Crippen LogP contribution in [0.25, 0.3) is 0 Å². The van der Waals surface area contributed by atoms with Crippen LogP contribution in [0.15, 0.2) is 24.4 Å². The number of benzene rings is 1. The second-order valence-corrected chi connectivity index (χ2v) is 6.08. The fourth-order valence-electron chi connectivity index (χ4n) is 2.57. The lowest BCUT2D eigenvalue weighted by molar-refractivity contribution is -0.384. The highest BCUT2D eigenvalue weighted by Gasteiger charge is 2.27. The summed E-state index contributed by atoms with van der Waals surface area (Å²) >= 11 is 0. The number of ether oxygens (including phenoxy) is 2. The third-order valence-electron chi connectivity index (χ3n) is 4.13. The number of anilines is 2. The van der Waals surface area contributed by atoms with Crippen molar-refractivity contribution >= 4 is 17.5 Å². The zero-order valence-electron chi connectivity index (χ0n) is 13.6. The number of nitrogens with one attached hydrogen (secondary N) is 2. The van der Waals surface area contributed by atoms with Crippen LogP contribution in [-0.2, 0) is 0 Å². The average Bonchev–Trinajstić information content (AvgIpc) is 3.27. The maximum absolute atomic E-state index is 11.1. The van der Waals surface area contributed by atoms with E-state index >= 15 is 0 Å². The van der Waals surface area contributed by atoms with Gasteiger partial charge in [0.25, 0.3) is 0 Å². The van der Waals surface area contributed by atoms with Crippen LogP contribution >= 0.6 is 0 Å². The Balaban J connectivity index is 1.54. The van der Waals surface area contributed by atoms with Gasteiger partial charge in [-0.3, -0.25) is 10.1 Å². The summed E-state index contributed by atoms with van der Waals surface area (Å²) in [5.74, 6) is 2.01. The maximum atomic E-state index is 11.1. The Labute approximate surface area is 143 Å². The Hall–Kier alpha value is -3.10. The van der Waals surface area contributed by atoms with Crippen molar-refractivity contribution in [1.82, 2.24) is 9.97 Å². The molecule has 2 aliphatic rings. The molecule has 0 spiro atoms. The molecule has 2 N–H and O–H groups in total. The summed E-state index contributed by atoms with van der Waals surface area (Å²) in [6.07, 6.45) is 3.22. The fraction of sp³-hybridized carbons (Fsp3) is 0.375. The predicted octanol–water partition coefficient (Wildman–Crippen LogP) is 2.86. The Bertz CT molecular complexity index is 824. The van der Waals surface area contributed by atoms with E-state index in [9.17, 15) is 10.1 Å². The number of hydrogen-bond acceptors (Lipinski definition) is 8.